The molecular weight excluding hydrogens is 246 g/mol. The fourth-order valence-electron chi connectivity index (χ4n) is 2.88. The molecule has 1 aromatic heterocycles. The summed E-state index contributed by atoms with van der Waals surface area (Å²) in [6.07, 6.45) is 3.19. The molecule has 3 heteroatoms. The van der Waals surface area contributed by atoms with E-state index in [-0.39, 0.29) is 0 Å². The third-order valence-electron chi connectivity index (χ3n) is 3.97. The second-order valence-corrected chi connectivity index (χ2v) is 5.40. The van der Waals surface area contributed by atoms with Crippen LogP contribution in [-0.2, 0) is 6.54 Å². The molecule has 1 fully saturated rings. The predicted molar refractivity (Wildman–Crippen MR) is 83.0 cm³/mol. The van der Waals surface area contributed by atoms with Gasteiger partial charge in [-0.3, -0.25) is 0 Å². The SMILES string of the molecule is CNCc1ccc(N2CCC(c3ccccc3)C2)nc1. The highest BCUT2D eigenvalue weighted by Crippen LogP contribution is 2.29. The fraction of sp³-hybridized carbons (Fsp3) is 0.353. The van der Waals surface area contributed by atoms with Crippen LogP contribution >= 0.6 is 0 Å². The summed E-state index contributed by atoms with van der Waals surface area (Å²) in [4.78, 5) is 6.98. The molecule has 0 aliphatic carbocycles. The Morgan fingerprint density at radius 3 is 2.75 bits per heavy atom. The van der Waals surface area contributed by atoms with Crippen LogP contribution in [-0.4, -0.2) is 25.1 Å². The van der Waals surface area contributed by atoms with Crippen molar-refractivity contribution >= 4 is 5.82 Å². The maximum Gasteiger partial charge on any atom is 0.128 e. The molecule has 1 unspecified atom stereocenters. The van der Waals surface area contributed by atoms with Crippen LogP contribution in [0.1, 0.15) is 23.5 Å². The van der Waals surface area contributed by atoms with Crippen LogP contribution in [0.3, 0.4) is 0 Å². The lowest BCUT2D eigenvalue weighted by molar-refractivity contribution is 0.774. The molecule has 0 saturated carbocycles. The van der Waals surface area contributed by atoms with Crippen LogP contribution < -0.4 is 10.2 Å². The number of rotatable bonds is 4. The Morgan fingerprint density at radius 2 is 2.05 bits per heavy atom. The summed E-state index contributed by atoms with van der Waals surface area (Å²) >= 11 is 0. The highest BCUT2D eigenvalue weighted by molar-refractivity contribution is 5.42. The average Bonchev–Trinajstić information content (AvgIpc) is 2.99. The normalized spacial score (nSPS) is 18.4. The summed E-state index contributed by atoms with van der Waals surface area (Å²) in [6, 6.07) is 15.1. The van der Waals surface area contributed by atoms with E-state index in [4.69, 9.17) is 0 Å². The van der Waals surface area contributed by atoms with Gasteiger partial charge in [0.1, 0.15) is 5.82 Å². The van der Waals surface area contributed by atoms with Crippen molar-refractivity contribution in [1.29, 1.82) is 0 Å². The number of pyridine rings is 1. The molecule has 1 aromatic carbocycles. The molecule has 1 atom stereocenters. The molecule has 2 aromatic rings. The van der Waals surface area contributed by atoms with Gasteiger partial charge >= 0.3 is 0 Å². The van der Waals surface area contributed by atoms with E-state index in [1.807, 2.05) is 13.2 Å². The fourth-order valence-corrected chi connectivity index (χ4v) is 2.88. The molecule has 1 aliphatic rings. The molecule has 3 rings (SSSR count). The number of aromatic nitrogens is 1. The molecule has 1 saturated heterocycles. The molecule has 1 aliphatic heterocycles. The standard InChI is InChI=1S/C17H21N3/c1-18-11-14-7-8-17(19-12-14)20-10-9-16(13-20)15-5-3-2-4-6-15/h2-8,12,16,18H,9-11,13H2,1H3. The molecule has 1 N–H and O–H groups in total. The lowest BCUT2D eigenvalue weighted by Gasteiger charge is -2.18. The van der Waals surface area contributed by atoms with E-state index in [1.165, 1.54) is 17.5 Å². The maximum absolute atomic E-state index is 4.59. The van der Waals surface area contributed by atoms with Crippen LogP contribution in [0.25, 0.3) is 0 Å². The van der Waals surface area contributed by atoms with Crippen LogP contribution in [0.15, 0.2) is 48.7 Å². The highest BCUT2D eigenvalue weighted by Gasteiger charge is 2.24. The highest BCUT2D eigenvalue weighted by atomic mass is 15.2. The van der Waals surface area contributed by atoms with Gasteiger partial charge in [0.15, 0.2) is 0 Å². The third-order valence-corrected chi connectivity index (χ3v) is 3.97. The maximum atomic E-state index is 4.59. The number of hydrogen-bond acceptors (Lipinski definition) is 3. The van der Waals surface area contributed by atoms with E-state index >= 15 is 0 Å². The molecule has 104 valence electrons. The van der Waals surface area contributed by atoms with Crippen molar-refractivity contribution in [2.75, 3.05) is 25.0 Å². The number of nitrogens with zero attached hydrogens (tertiary/aromatic N) is 2. The largest absolute Gasteiger partial charge is 0.356 e. The first-order valence-electron chi connectivity index (χ1n) is 7.26. The van der Waals surface area contributed by atoms with Gasteiger partial charge in [-0.25, -0.2) is 4.98 Å². The van der Waals surface area contributed by atoms with E-state index in [9.17, 15) is 0 Å². The first-order valence-corrected chi connectivity index (χ1v) is 7.26. The van der Waals surface area contributed by atoms with Gasteiger partial charge in [-0.1, -0.05) is 36.4 Å². The number of nitrogens with one attached hydrogen (secondary N) is 1. The molecule has 20 heavy (non-hydrogen) atoms. The summed E-state index contributed by atoms with van der Waals surface area (Å²) < 4.78 is 0. The van der Waals surface area contributed by atoms with Crippen LogP contribution in [0.4, 0.5) is 5.82 Å². The zero-order valence-electron chi connectivity index (χ0n) is 11.9. The van der Waals surface area contributed by atoms with Gasteiger partial charge < -0.3 is 10.2 Å². The zero-order chi connectivity index (χ0) is 13.8. The van der Waals surface area contributed by atoms with Gasteiger partial charge in [-0.15, -0.1) is 0 Å². The second-order valence-electron chi connectivity index (χ2n) is 5.40. The summed E-state index contributed by atoms with van der Waals surface area (Å²) in [5.41, 5.74) is 2.68. The smallest absolute Gasteiger partial charge is 0.128 e. The van der Waals surface area contributed by atoms with Gasteiger partial charge in [0.05, 0.1) is 0 Å². The van der Waals surface area contributed by atoms with Crippen molar-refractivity contribution in [2.24, 2.45) is 0 Å². The van der Waals surface area contributed by atoms with E-state index in [2.05, 4.69) is 57.7 Å². The number of hydrogen-bond donors (Lipinski definition) is 1. The van der Waals surface area contributed by atoms with Gasteiger partial charge in [0.25, 0.3) is 0 Å². The Balaban J connectivity index is 1.67. The lowest BCUT2D eigenvalue weighted by Crippen LogP contribution is -2.20. The van der Waals surface area contributed by atoms with Crippen LogP contribution in [0.5, 0.6) is 0 Å². The minimum atomic E-state index is 0.634. The van der Waals surface area contributed by atoms with E-state index < -0.39 is 0 Å². The van der Waals surface area contributed by atoms with Gasteiger partial charge in [0, 0.05) is 31.7 Å². The van der Waals surface area contributed by atoms with Crippen LogP contribution in [0.2, 0.25) is 0 Å². The Kier molecular flexibility index (Phi) is 3.97. The Bertz CT molecular complexity index is 536. The monoisotopic (exact) mass is 267 g/mol. The molecule has 2 heterocycles. The summed E-state index contributed by atoms with van der Waals surface area (Å²) in [6.45, 7) is 3.04. The van der Waals surface area contributed by atoms with Crippen molar-refractivity contribution in [3.8, 4) is 0 Å². The molecule has 0 bridgehead atoms. The first kappa shape index (κ1) is 13.1. The minimum absolute atomic E-state index is 0.634. The van der Waals surface area contributed by atoms with Crippen LogP contribution in [0, 0.1) is 0 Å². The van der Waals surface area contributed by atoms with Crippen molar-refractivity contribution in [3.05, 3.63) is 59.8 Å². The average molecular weight is 267 g/mol. The topological polar surface area (TPSA) is 28.2 Å². The molecular formula is C17H21N3. The lowest BCUT2D eigenvalue weighted by atomic mass is 9.99. The van der Waals surface area contributed by atoms with Gasteiger partial charge in [0.2, 0.25) is 0 Å². The van der Waals surface area contributed by atoms with Gasteiger partial charge in [-0.2, -0.15) is 0 Å². The number of benzene rings is 1. The van der Waals surface area contributed by atoms with E-state index in [1.54, 1.807) is 0 Å². The Labute approximate surface area is 120 Å². The molecule has 3 nitrogen and oxygen atoms in total. The van der Waals surface area contributed by atoms with Gasteiger partial charge in [-0.05, 0) is 30.7 Å². The zero-order valence-corrected chi connectivity index (χ0v) is 11.9. The van der Waals surface area contributed by atoms with Crippen molar-refractivity contribution in [2.45, 2.75) is 18.9 Å². The second kappa shape index (κ2) is 6.06. The Hall–Kier alpha value is -1.87. The van der Waals surface area contributed by atoms with E-state index in [0.29, 0.717) is 5.92 Å². The summed E-state index contributed by atoms with van der Waals surface area (Å²) in [5, 5.41) is 3.15. The van der Waals surface area contributed by atoms with Crippen molar-refractivity contribution in [3.63, 3.8) is 0 Å². The predicted octanol–water partition coefficient (Wildman–Crippen LogP) is 2.79. The van der Waals surface area contributed by atoms with Crippen molar-refractivity contribution in [1.82, 2.24) is 10.3 Å². The first-order chi connectivity index (χ1) is 9.86. The quantitative estimate of drug-likeness (QED) is 0.923. The minimum Gasteiger partial charge on any atom is -0.356 e. The molecule has 0 amide bonds. The summed E-state index contributed by atoms with van der Waals surface area (Å²) in [7, 11) is 1.96. The molecule has 0 spiro atoms. The number of anilines is 1. The van der Waals surface area contributed by atoms with E-state index in [0.717, 1.165) is 25.5 Å². The third kappa shape index (κ3) is 2.83. The summed E-state index contributed by atoms with van der Waals surface area (Å²) in [5.74, 6) is 1.73. The Morgan fingerprint density at radius 1 is 1.20 bits per heavy atom. The van der Waals surface area contributed by atoms with Crippen molar-refractivity contribution < 1.29 is 0 Å². The molecule has 0 radical (unpaired) electrons.